The SMILES string of the molecule is Cc1ccc(CCC(=O)Nc2ccccc2-c2csc(N)n2)cc1. The molecule has 0 spiro atoms. The van der Waals surface area contributed by atoms with Crippen LogP contribution in [0.5, 0.6) is 0 Å². The average molecular weight is 337 g/mol. The fourth-order valence-corrected chi connectivity index (χ4v) is 3.02. The molecule has 0 aliphatic heterocycles. The smallest absolute Gasteiger partial charge is 0.224 e. The predicted octanol–water partition coefficient (Wildman–Crippen LogP) is 4.27. The van der Waals surface area contributed by atoms with Crippen molar-refractivity contribution >= 4 is 28.1 Å². The summed E-state index contributed by atoms with van der Waals surface area (Å²) in [5.74, 6) is -0.00812. The van der Waals surface area contributed by atoms with E-state index in [1.165, 1.54) is 16.9 Å². The third-order valence-electron chi connectivity index (χ3n) is 3.76. The summed E-state index contributed by atoms with van der Waals surface area (Å²) in [6.07, 6.45) is 1.16. The number of thiazole rings is 1. The van der Waals surface area contributed by atoms with Crippen LogP contribution in [0.1, 0.15) is 17.5 Å². The average Bonchev–Trinajstić information content (AvgIpc) is 3.01. The molecule has 0 fully saturated rings. The molecule has 3 aromatic rings. The summed E-state index contributed by atoms with van der Waals surface area (Å²) in [4.78, 5) is 16.6. The van der Waals surface area contributed by atoms with Gasteiger partial charge in [0.15, 0.2) is 5.13 Å². The number of nitrogens with one attached hydrogen (secondary N) is 1. The summed E-state index contributed by atoms with van der Waals surface area (Å²) >= 11 is 1.39. The first-order valence-electron chi connectivity index (χ1n) is 7.77. The van der Waals surface area contributed by atoms with Gasteiger partial charge in [0.2, 0.25) is 5.91 Å². The molecule has 122 valence electrons. The molecule has 4 nitrogen and oxygen atoms in total. The number of carbonyl (C=O) groups excluding carboxylic acids is 1. The zero-order valence-corrected chi connectivity index (χ0v) is 14.3. The van der Waals surface area contributed by atoms with Gasteiger partial charge in [-0.2, -0.15) is 0 Å². The second-order valence-electron chi connectivity index (χ2n) is 5.65. The molecule has 5 heteroatoms. The Morgan fingerprint density at radius 3 is 2.62 bits per heavy atom. The van der Waals surface area contributed by atoms with Crippen LogP contribution < -0.4 is 11.1 Å². The first-order chi connectivity index (χ1) is 11.6. The van der Waals surface area contributed by atoms with Crippen molar-refractivity contribution < 1.29 is 4.79 Å². The van der Waals surface area contributed by atoms with E-state index in [1.807, 2.05) is 29.6 Å². The van der Waals surface area contributed by atoms with Crippen LogP contribution in [0.15, 0.2) is 53.9 Å². The molecule has 0 aliphatic carbocycles. The molecule has 24 heavy (non-hydrogen) atoms. The van der Waals surface area contributed by atoms with Gasteiger partial charge in [0, 0.05) is 17.4 Å². The molecule has 3 N–H and O–H groups in total. The van der Waals surface area contributed by atoms with E-state index in [0.717, 1.165) is 28.9 Å². The van der Waals surface area contributed by atoms with Gasteiger partial charge in [-0.1, -0.05) is 48.0 Å². The van der Waals surface area contributed by atoms with Crippen LogP contribution in [0.3, 0.4) is 0 Å². The number of anilines is 2. The summed E-state index contributed by atoms with van der Waals surface area (Å²) in [7, 11) is 0. The zero-order valence-electron chi connectivity index (χ0n) is 13.5. The Morgan fingerprint density at radius 1 is 1.17 bits per heavy atom. The molecule has 0 atom stereocenters. The number of amides is 1. The highest BCUT2D eigenvalue weighted by molar-refractivity contribution is 7.13. The minimum Gasteiger partial charge on any atom is -0.375 e. The van der Waals surface area contributed by atoms with Crippen LogP contribution in [0.4, 0.5) is 10.8 Å². The lowest BCUT2D eigenvalue weighted by atomic mass is 10.1. The van der Waals surface area contributed by atoms with Crippen LogP contribution in [0.2, 0.25) is 0 Å². The molecule has 1 aromatic heterocycles. The van der Waals surface area contributed by atoms with Gasteiger partial charge in [-0.15, -0.1) is 11.3 Å². The highest BCUT2D eigenvalue weighted by Gasteiger charge is 2.10. The Balaban J connectivity index is 1.67. The van der Waals surface area contributed by atoms with Gasteiger partial charge >= 0.3 is 0 Å². The maximum absolute atomic E-state index is 12.3. The Hall–Kier alpha value is -2.66. The van der Waals surface area contributed by atoms with Crippen LogP contribution in [0, 0.1) is 6.92 Å². The molecule has 0 unspecified atom stereocenters. The van der Waals surface area contributed by atoms with Crippen molar-refractivity contribution in [2.24, 2.45) is 0 Å². The van der Waals surface area contributed by atoms with E-state index in [4.69, 9.17) is 5.73 Å². The molecule has 2 aromatic carbocycles. The van der Waals surface area contributed by atoms with Gasteiger partial charge in [-0.3, -0.25) is 4.79 Å². The van der Waals surface area contributed by atoms with E-state index < -0.39 is 0 Å². The predicted molar refractivity (Wildman–Crippen MR) is 100 cm³/mol. The number of para-hydroxylation sites is 1. The summed E-state index contributed by atoms with van der Waals surface area (Å²) in [5.41, 5.74) is 10.5. The van der Waals surface area contributed by atoms with E-state index in [-0.39, 0.29) is 5.91 Å². The highest BCUT2D eigenvalue weighted by Crippen LogP contribution is 2.29. The molecule has 0 saturated heterocycles. The lowest BCUT2D eigenvalue weighted by molar-refractivity contribution is -0.116. The molecule has 1 amide bonds. The van der Waals surface area contributed by atoms with Gasteiger partial charge in [-0.05, 0) is 25.0 Å². The largest absolute Gasteiger partial charge is 0.375 e. The standard InChI is InChI=1S/C19H19N3OS/c1-13-6-8-14(9-7-13)10-11-18(23)21-16-5-3-2-4-15(16)17-12-24-19(20)22-17/h2-9,12H,10-11H2,1H3,(H2,20,22)(H,21,23). The van der Waals surface area contributed by atoms with Crippen molar-refractivity contribution in [2.45, 2.75) is 19.8 Å². The summed E-state index contributed by atoms with van der Waals surface area (Å²) in [6, 6.07) is 15.9. The van der Waals surface area contributed by atoms with Crippen molar-refractivity contribution in [3.8, 4) is 11.3 Å². The molecule has 3 rings (SSSR count). The topological polar surface area (TPSA) is 68.0 Å². The maximum atomic E-state index is 12.3. The summed E-state index contributed by atoms with van der Waals surface area (Å²) in [6.45, 7) is 2.05. The Labute approximate surface area is 145 Å². The third-order valence-corrected chi connectivity index (χ3v) is 4.43. The zero-order chi connectivity index (χ0) is 16.9. The number of nitrogen functional groups attached to an aromatic ring is 1. The van der Waals surface area contributed by atoms with E-state index >= 15 is 0 Å². The van der Waals surface area contributed by atoms with E-state index in [1.54, 1.807) is 0 Å². The van der Waals surface area contributed by atoms with Crippen molar-refractivity contribution in [3.63, 3.8) is 0 Å². The number of benzene rings is 2. The molecule has 0 bridgehead atoms. The first-order valence-corrected chi connectivity index (χ1v) is 8.65. The number of aromatic nitrogens is 1. The molecule has 0 saturated carbocycles. The molecular formula is C19H19N3OS. The van der Waals surface area contributed by atoms with Crippen LogP contribution in [-0.2, 0) is 11.2 Å². The summed E-state index contributed by atoms with van der Waals surface area (Å²) < 4.78 is 0. The number of carbonyl (C=O) groups is 1. The number of hydrogen-bond donors (Lipinski definition) is 2. The number of aryl methyl sites for hydroxylation is 2. The Morgan fingerprint density at radius 2 is 1.92 bits per heavy atom. The van der Waals surface area contributed by atoms with Gasteiger partial charge in [0.05, 0.1) is 11.4 Å². The molecule has 0 radical (unpaired) electrons. The van der Waals surface area contributed by atoms with E-state index in [9.17, 15) is 4.79 Å². The van der Waals surface area contributed by atoms with Gasteiger partial charge < -0.3 is 11.1 Å². The molecule has 1 heterocycles. The normalized spacial score (nSPS) is 10.5. The van der Waals surface area contributed by atoms with Crippen LogP contribution >= 0.6 is 11.3 Å². The number of nitrogens with zero attached hydrogens (tertiary/aromatic N) is 1. The molecule has 0 aliphatic rings. The third kappa shape index (κ3) is 4.00. The van der Waals surface area contributed by atoms with Crippen molar-refractivity contribution in [1.29, 1.82) is 0 Å². The fourth-order valence-electron chi connectivity index (χ4n) is 2.45. The van der Waals surface area contributed by atoms with E-state index in [2.05, 4.69) is 41.5 Å². The van der Waals surface area contributed by atoms with Crippen molar-refractivity contribution in [2.75, 3.05) is 11.1 Å². The van der Waals surface area contributed by atoms with E-state index in [0.29, 0.717) is 11.6 Å². The fraction of sp³-hybridized carbons (Fsp3) is 0.158. The second kappa shape index (κ2) is 7.27. The van der Waals surface area contributed by atoms with Gasteiger partial charge in [-0.25, -0.2) is 4.98 Å². The quantitative estimate of drug-likeness (QED) is 0.730. The number of rotatable bonds is 5. The lowest BCUT2D eigenvalue weighted by Crippen LogP contribution is -2.13. The first kappa shape index (κ1) is 16.2. The summed E-state index contributed by atoms with van der Waals surface area (Å²) in [5, 5.41) is 5.40. The molecular weight excluding hydrogens is 318 g/mol. The van der Waals surface area contributed by atoms with Crippen molar-refractivity contribution in [1.82, 2.24) is 4.98 Å². The van der Waals surface area contributed by atoms with Crippen LogP contribution in [-0.4, -0.2) is 10.9 Å². The van der Waals surface area contributed by atoms with Gasteiger partial charge in [0.1, 0.15) is 0 Å². The Kier molecular flexibility index (Phi) is 4.91. The monoisotopic (exact) mass is 337 g/mol. The Bertz CT molecular complexity index is 840. The minimum atomic E-state index is -0.00812. The minimum absolute atomic E-state index is 0.00812. The number of hydrogen-bond acceptors (Lipinski definition) is 4. The highest BCUT2D eigenvalue weighted by atomic mass is 32.1. The maximum Gasteiger partial charge on any atom is 0.224 e. The lowest BCUT2D eigenvalue weighted by Gasteiger charge is -2.09. The second-order valence-corrected chi connectivity index (χ2v) is 6.54. The van der Waals surface area contributed by atoms with Gasteiger partial charge in [0.25, 0.3) is 0 Å². The van der Waals surface area contributed by atoms with Crippen molar-refractivity contribution in [3.05, 3.63) is 65.0 Å². The number of nitrogens with two attached hydrogens (primary N) is 1. The van der Waals surface area contributed by atoms with Crippen LogP contribution in [0.25, 0.3) is 11.3 Å².